The molecule has 0 saturated carbocycles. The second-order valence-corrected chi connectivity index (χ2v) is 4.64. The van der Waals surface area contributed by atoms with Gasteiger partial charge in [-0.2, -0.15) is 0 Å². The molecular formula is C14H19Cl2N3O. The lowest BCUT2D eigenvalue weighted by molar-refractivity contribution is 0.416. The summed E-state index contributed by atoms with van der Waals surface area (Å²) in [6, 6.07) is 6.15. The van der Waals surface area contributed by atoms with Crippen molar-refractivity contribution in [2.75, 3.05) is 13.7 Å². The number of rotatable bonds is 2. The Labute approximate surface area is 131 Å². The molecule has 0 saturated heterocycles. The van der Waals surface area contributed by atoms with Crippen LogP contribution in [0.3, 0.4) is 0 Å². The lowest BCUT2D eigenvalue weighted by Gasteiger charge is -2.09. The van der Waals surface area contributed by atoms with Gasteiger partial charge in [0.05, 0.1) is 24.1 Å². The number of hydrogen-bond donors (Lipinski definition) is 2. The SMILES string of the molecule is COc1ccc(C)cc1-c1nc2c([nH]1)CNCC2.Cl.Cl. The van der Waals surface area contributed by atoms with E-state index >= 15 is 0 Å². The van der Waals surface area contributed by atoms with Crippen LogP contribution in [0.25, 0.3) is 11.4 Å². The van der Waals surface area contributed by atoms with Crippen LogP contribution >= 0.6 is 24.8 Å². The number of fused-ring (bicyclic) bond motifs is 1. The Morgan fingerprint density at radius 2 is 2.05 bits per heavy atom. The maximum atomic E-state index is 5.41. The zero-order chi connectivity index (χ0) is 12.5. The topological polar surface area (TPSA) is 49.9 Å². The second-order valence-electron chi connectivity index (χ2n) is 4.64. The fourth-order valence-electron chi connectivity index (χ4n) is 2.35. The Morgan fingerprint density at radius 1 is 1.25 bits per heavy atom. The second kappa shape index (κ2) is 6.97. The van der Waals surface area contributed by atoms with E-state index in [9.17, 15) is 0 Å². The number of aromatic amines is 1. The standard InChI is InChI=1S/C14H17N3O.2ClH/c1-9-3-4-13(18-2)10(7-9)14-16-11-5-6-15-8-12(11)17-14;;/h3-4,7,15H,5-6,8H2,1-2H3,(H,16,17);2*1H. The highest BCUT2D eigenvalue weighted by atomic mass is 35.5. The summed E-state index contributed by atoms with van der Waals surface area (Å²) < 4.78 is 5.41. The smallest absolute Gasteiger partial charge is 0.141 e. The molecule has 1 aromatic heterocycles. The van der Waals surface area contributed by atoms with Gasteiger partial charge in [0.25, 0.3) is 0 Å². The van der Waals surface area contributed by atoms with Crippen LogP contribution in [-0.4, -0.2) is 23.6 Å². The fourth-order valence-corrected chi connectivity index (χ4v) is 2.35. The lowest BCUT2D eigenvalue weighted by Crippen LogP contribution is -2.23. The van der Waals surface area contributed by atoms with Crippen molar-refractivity contribution < 1.29 is 4.74 Å². The number of nitrogens with one attached hydrogen (secondary N) is 2. The Balaban J connectivity index is 0.000001000. The van der Waals surface area contributed by atoms with Gasteiger partial charge in [-0.05, 0) is 19.1 Å². The Bertz CT molecular complexity index is 560. The molecule has 3 rings (SSSR count). The van der Waals surface area contributed by atoms with Gasteiger partial charge in [-0.25, -0.2) is 4.98 Å². The zero-order valence-electron chi connectivity index (χ0n) is 11.5. The molecule has 2 heterocycles. The Hall–Kier alpha value is -1.23. The van der Waals surface area contributed by atoms with Gasteiger partial charge in [0.1, 0.15) is 11.6 Å². The average molecular weight is 316 g/mol. The highest BCUT2D eigenvalue weighted by Gasteiger charge is 2.16. The van der Waals surface area contributed by atoms with Gasteiger partial charge in [-0.15, -0.1) is 24.8 Å². The highest BCUT2D eigenvalue weighted by molar-refractivity contribution is 5.85. The fraction of sp³-hybridized carbons (Fsp3) is 0.357. The molecule has 0 atom stereocenters. The molecule has 0 unspecified atom stereocenters. The average Bonchev–Trinajstić information content (AvgIpc) is 2.82. The van der Waals surface area contributed by atoms with Crippen molar-refractivity contribution in [2.24, 2.45) is 0 Å². The maximum absolute atomic E-state index is 5.41. The molecule has 20 heavy (non-hydrogen) atoms. The van der Waals surface area contributed by atoms with Gasteiger partial charge in [0, 0.05) is 19.5 Å². The van der Waals surface area contributed by atoms with Gasteiger partial charge in [0.15, 0.2) is 0 Å². The molecule has 6 heteroatoms. The quantitative estimate of drug-likeness (QED) is 0.896. The van der Waals surface area contributed by atoms with E-state index in [1.807, 2.05) is 12.1 Å². The molecule has 1 aliphatic rings. The number of imidazole rings is 1. The third kappa shape index (κ3) is 3.08. The third-order valence-corrected chi connectivity index (χ3v) is 3.31. The number of nitrogens with zero attached hydrogens (tertiary/aromatic N) is 1. The van der Waals surface area contributed by atoms with Crippen molar-refractivity contribution in [1.82, 2.24) is 15.3 Å². The van der Waals surface area contributed by atoms with Crippen LogP contribution in [-0.2, 0) is 13.0 Å². The summed E-state index contributed by atoms with van der Waals surface area (Å²) in [5, 5.41) is 3.34. The van der Waals surface area contributed by atoms with Crippen LogP contribution in [0.4, 0.5) is 0 Å². The molecule has 0 radical (unpaired) electrons. The van der Waals surface area contributed by atoms with Crippen molar-refractivity contribution >= 4 is 24.8 Å². The Kier molecular flexibility index (Phi) is 5.87. The lowest BCUT2D eigenvalue weighted by atomic mass is 10.1. The molecule has 2 aromatic rings. The van der Waals surface area contributed by atoms with Crippen LogP contribution in [0.5, 0.6) is 5.75 Å². The molecule has 1 aliphatic heterocycles. The first-order valence-corrected chi connectivity index (χ1v) is 6.21. The summed E-state index contributed by atoms with van der Waals surface area (Å²) >= 11 is 0. The van der Waals surface area contributed by atoms with Crippen molar-refractivity contribution in [3.63, 3.8) is 0 Å². The van der Waals surface area contributed by atoms with E-state index in [1.54, 1.807) is 7.11 Å². The van der Waals surface area contributed by atoms with Crippen molar-refractivity contribution in [2.45, 2.75) is 19.9 Å². The predicted molar refractivity (Wildman–Crippen MR) is 85.2 cm³/mol. The number of halogens is 2. The first-order chi connectivity index (χ1) is 8.78. The van der Waals surface area contributed by atoms with E-state index in [-0.39, 0.29) is 24.8 Å². The van der Waals surface area contributed by atoms with Gasteiger partial charge in [-0.3, -0.25) is 0 Å². The van der Waals surface area contributed by atoms with Crippen LogP contribution in [0.2, 0.25) is 0 Å². The molecule has 0 aliphatic carbocycles. The number of ether oxygens (including phenoxy) is 1. The minimum Gasteiger partial charge on any atom is -0.496 e. The largest absolute Gasteiger partial charge is 0.496 e. The van der Waals surface area contributed by atoms with E-state index in [1.165, 1.54) is 17.0 Å². The molecular weight excluding hydrogens is 297 g/mol. The number of H-pyrrole nitrogens is 1. The Morgan fingerprint density at radius 3 is 2.75 bits per heavy atom. The number of methoxy groups -OCH3 is 1. The molecule has 0 fully saturated rings. The molecule has 1 aromatic carbocycles. The zero-order valence-corrected chi connectivity index (χ0v) is 13.2. The summed E-state index contributed by atoms with van der Waals surface area (Å²) in [7, 11) is 1.69. The molecule has 0 amide bonds. The first-order valence-electron chi connectivity index (χ1n) is 6.21. The van der Waals surface area contributed by atoms with Crippen LogP contribution in [0.1, 0.15) is 17.0 Å². The molecule has 110 valence electrons. The number of aromatic nitrogens is 2. The van der Waals surface area contributed by atoms with Gasteiger partial charge < -0.3 is 15.0 Å². The van der Waals surface area contributed by atoms with E-state index in [4.69, 9.17) is 9.72 Å². The van der Waals surface area contributed by atoms with Gasteiger partial charge in [0.2, 0.25) is 0 Å². The van der Waals surface area contributed by atoms with Gasteiger partial charge in [-0.1, -0.05) is 11.6 Å². The summed E-state index contributed by atoms with van der Waals surface area (Å²) in [6.07, 6.45) is 0.986. The highest BCUT2D eigenvalue weighted by Crippen LogP contribution is 2.30. The van der Waals surface area contributed by atoms with E-state index < -0.39 is 0 Å². The van der Waals surface area contributed by atoms with E-state index in [2.05, 4.69) is 23.3 Å². The summed E-state index contributed by atoms with van der Waals surface area (Å²) in [4.78, 5) is 8.09. The molecule has 2 N–H and O–H groups in total. The maximum Gasteiger partial charge on any atom is 0.141 e. The monoisotopic (exact) mass is 315 g/mol. The van der Waals surface area contributed by atoms with Crippen LogP contribution < -0.4 is 10.1 Å². The predicted octanol–water partition coefficient (Wildman–Crippen LogP) is 2.88. The van der Waals surface area contributed by atoms with Crippen LogP contribution in [0, 0.1) is 6.92 Å². The minimum atomic E-state index is 0. The molecule has 0 bridgehead atoms. The minimum absolute atomic E-state index is 0. The van der Waals surface area contributed by atoms with Crippen molar-refractivity contribution in [1.29, 1.82) is 0 Å². The first kappa shape index (κ1) is 16.8. The summed E-state index contributed by atoms with van der Waals surface area (Å²) in [5.74, 6) is 1.77. The van der Waals surface area contributed by atoms with Crippen molar-refractivity contribution in [3.05, 3.63) is 35.2 Å². The summed E-state index contributed by atoms with van der Waals surface area (Å²) in [6.45, 7) is 3.95. The van der Waals surface area contributed by atoms with Crippen molar-refractivity contribution in [3.8, 4) is 17.1 Å². The van der Waals surface area contributed by atoms with E-state index in [0.29, 0.717) is 0 Å². The summed E-state index contributed by atoms with van der Waals surface area (Å²) in [5.41, 5.74) is 4.61. The van der Waals surface area contributed by atoms with Gasteiger partial charge >= 0.3 is 0 Å². The molecule has 0 spiro atoms. The number of aryl methyl sites for hydroxylation is 1. The normalized spacial score (nSPS) is 12.9. The molecule has 4 nitrogen and oxygen atoms in total. The van der Waals surface area contributed by atoms with E-state index in [0.717, 1.165) is 36.6 Å². The third-order valence-electron chi connectivity index (χ3n) is 3.31. The number of benzene rings is 1. The number of hydrogen-bond acceptors (Lipinski definition) is 3. The van der Waals surface area contributed by atoms with Crippen LogP contribution in [0.15, 0.2) is 18.2 Å².